The van der Waals surface area contributed by atoms with Gasteiger partial charge in [0.15, 0.2) is 11.5 Å². The number of hydrogen-bond donors (Lipinski definition) is 1. The van der Waals surface area contributed by atoms with E-state index in [1.807, 2.05) is 30.8 Å². The molecule has 0 aromatic carbocycles. The maximum atomic E-state index is 11.3. The van der Waals surface area contributed by atoms with Gasteiger partial charge in [-0.25, -0.2) is 9.97 Å². The number of hydrogen-bond acceptors (Lipinski definition) is 6. The summed E-state index contributed by atoms with van der Waals surface area (Å²) in [5.74, 6) is 1.99. The van der Waals surface area contributed by atoms with E-state index in [2.05, 4.69) is 20.3 Å². The summed E-state index contributed by atoms with van der Waals surface area (Å²) in [4.78, 5) is 27.5. The molecule has 146 valence electrons. The van der Waals surface area contributed by atoms with Crippen LogP contribution >= 0.6 is 0 Å². The quantitative estimate of drug-likeness (QED) is 0.747. The number of anilines is 1. The van der Waals surface area contributed by atoms with Crippen LogP contribution in [0.4, 0.5) is 5.82 Å². The van der Waals surface area contributed by atoms with Crippen LogP contribution in [0.1, 0.15) is 25.5 Å². The first-order valence-electron chi connectivity index (χ1n) is 9.64. The Morgan fingerprint density at radius 3 is 2.96 bits per heavy atom. The summed E-state index contributed by atoms with van der Waals surface area (Å²) in [6.07, 6.45) is 5.70. The van der Waals surface area contributed by atoms with Crippen molar-refractivity contribution < 1.29 is 4.79 Å². The van der Waals surface area contributed by atoms with Crippen LogP contribution in [0.25, 0.3) is 22.4 Å². The molecule has 1 amide bonds. The minimum absolute atomic E-state index is 0.0171. The van der Waals surface area contributed by atoms with Crippen molar-refractivity contribution in [2.24, 2.45) is 13.0 Å². The lowest BCUT2D eigenvalue weighted by molar-refractivity contribution is -0.119. The molecule has 0 bridgehead atoms. The molecule has 8 nitrogen and oxygen atoms in total. The van der Waals surface area contributed by atoms with Crippen LogP contribution in [0.15, 0.2) is 24.5 Å². The number of aryl methyl sites for hydroxylation is 2. The Labute approximate surface area is 164 Å². The summed E-state index contributed by atoms with van der Waals surface area (Å²) in [7, 11) is 1.91. The van der Waals surface area contributed by atoms with Gasteiger partial charge in [-0.15, -0.1) is 0 Å². The van der Waals surface area contributed by atoms with Gasteiger partial charge in [0.25, 0.3) is 0 Å². The number of amides is 1. The fraction of sp³-hybridized carbons (Fsp3) is 0.450. The Morgan fingerprint density at radius 1 is 1.36 bits per heavy atom. The van der Waals surface area contributed by atoms with Crippen LogP contribution in [-0.4, -0.2) is 50.3 Å². The number of rotatable bonds is 4. The number of piperidine rings is 1. The van der Waals surface area contributed by atoms with E-state index < -0.39 is 0 Å². The molecular formula is C20H25N7O. The second-order valence-corrected chi connectivity index (χ2v) is 7.41. The molecule has 1 saturated heterocycles. The summed E-state index contributed by atoms with van der Waals surface area (Å²) in [5.41, 5.74) is 2.64. The summed E-state index contributed by atoms with van der Waals surface area (Å²) >= 11 is 0. The molecule has 0 aliphatic carbocycles. The molecule has 0 unspecified atom stereocenters. The molecule has 1 aliphatic heterocycles. The number of pyridine rings is 1. The largest absolute Gasteiger partial charge is 0.356 e. The predicted octanol–water partition coefficient (Wildman–Crippen LogP) is 2.09. The summed E-state index contributed by atoms with van der Waals surface area (Å²) in [6.45, 7) is 6.05. The molecule has 3 aromatic rings. The molecule has 1 aliphatic rings. The first-order valence-corrected chi connectivity index (χ1v) is 9.64. The predicted molar refractivity (Wildman–Crippen MR) is 108 cm³/mol. The molecule has 0 saturated carbocycles. The first kappa shape index (κ1) is 18.3. The molecule has 0 radical (unpaired) electrons. The normalized spacial score (nSPS) is 17.1. The molecule has 8 heteroatoms. The van der Waals surface area contributed by atoms with E-state index >= 15 is 0 Å². The average Bonchev–Trinajstić information content (AvgIpc) is 3.00. The van der Waals surface area contributed by atoms with Crippen molar-refractivity contribution >= 4 is 22.8 Å². The fourth-order valence-corrected chi connectivity index (χ4v) is 3.88. The van der Waals surface area contributed by atoms with Crippen LogP contribution < -0.4 is 10.2 Å². The van der Waals surface area contributed by atoms with Gasteiger partial charge in [0.05, 0.1) is 11.1 Å². The van der Waals surface area contributed by atoms with Crippen molar-refractivity contribution in [3.63, 3.8) is 0 Å². The molecule has 28 heavy (non-hydrogen) atoms. The second kappa shape index (κ2) is 7.53. The number of nitrogens with one attached hydrogen (secondary N) is 1. The second-order valence-electron chi connectivity index (χ2n) is 7.41. The van der Waals surface area contributed by atoms with Crippen molar-refractivity contribution in [3.05, 3.63) is 30.2 Å². The van der Waals surface area contributed by atoms with E-state index in [0.29, 0.717) is 18.3 Å². The SMILES string of the molecule is CC(=O)NC[C@@H]1CCCN(c2nc(-c3cccnc3)nc3c2c(C)nn3C)C1. The zero-order valence-corrected chi connectivity index (χ0v) is 16.5. The van der Waals surface area contributed by atoms with E-state index in [-0.39, 0.29) is 5.91 Å². The summed E-state index contributed by atoms with van der Waals surface area (Å²) in [5, 5.41) is 8.52. The average molecular weight is 379 g/mol. The molecule has 1 N–H and O–H groups in total. The van der Waals surface area contributed by atoms with Gasteiger partial charge in [-0.05, 0) is 37.8 Å². The highest BCUT2D eigenvalue weighted by atomic mass is 16.1. The fourth-order valence-electron chi connectivity index (χ4n) is 3.88. The monoisotopic (exact) mass is 379 g/mol. The highest BCUT2D eigenvalue weighted by Gasteiger charge is 2.25. The molecule has 0 spiro atoms. The van der Waals surface area contributed by atoms with Crippen LogP contribution in [0.2, 0.25) is 0 Å². The van der Waals surface area contributed by atoms with Crippen molar-refractivity contribution in [3.8, 4) is 11.4 Å². The number of fused-ring (bicyclic) bond motifs is 1. The Hall–Kier alpha value is -3.03. The lowest BCUT2D eigenvalue weighted by Gasteiger charge is -2.34. The Kier molecular flexibility index (Phi) is 4.93. The third kappa shape index (κ3) is 3.54. The third-order valence-electron chi connectivity index (χ3n) is 5.22. The molecule has 3 aromatic heterocycles. The van der Waals surface area contributed by atoms with Crippen molar-refractivity contribution in [1.29, 1.82) is 0 Å². The van der Waals surface area contributed by atoms with Crippen LogP contribution in [0.5, 0.6) is 0 Å². The highest BCUT2D eigenvalue weighted by Crippen LogP contribution is 2.32. The number of carbonyl (C=O) groups is 1. The highest BCUT2D eigenvalue weighted by molar-refractivity contribution is 5.91. The molecular weight excluding hydrogens is 354 g/mol. The van der Waals surface area contributed by atoms with Crippen LogP contribution in [0.3, 0.4) is 0 Å². The van der Waals surface area contributed by atoms with Gasteiger partial charge < -0.3 is 10.2 Å². The van der Waals surface area contributed by atoms with Gasteiger partial charge >= 0.3 is 0 Å². The van der Waals surface area contributed by atoms with Crippen molar-refractivity contribution in [2.75, 3.05) is 24.5 Å². The number of nitrogens with zero attached hydrogens (tertiary/aromatic N) is 6. The standard InChI is InChI=1S/C20H25N7O/c1-13-17-19(26(3)25-13)23-18(16-7-4-8-21-11-16)24-20(17)27-9-5-6-15(12-27)10-22-14(2)28/h4,7-8,11,15H,5-6,9-10,12H2,1-3H3,(H,22,28)/t15-/m0/s1. The molecule has 4 heterocycles. The minimum atomic E-state index is 0.0171. The van der Waals surface area contributed by atoms with Crippen molar-refractivity contribution in [2.45, 2.75) is 26.7 Å². The van der Waals surface area contributed by atoms with E-state index in [1.54, 1.807) is 19.3 Å². The zero-order valence-electron chi connectivity index (χ0n) is 16.5. The lowest BCUT2D eigenvalue weighted by Crippen LogP contribution is -2.41. The van der Waals surface area contributed by atoms with E-state index in [1.165, 1.54) is 0 Å². The zero-order chi connectivity index (χ0) is 19.7. The number of aromatic nitrogens is 5. The first-order chi connectivity index (χ1) is 13.5. The summed E-state index contributed by atoms with van der Waals surface area (Å²) in [6, 6.07) is 3.86. The van der Waals surface area contributed by atoms with Gasteiger partial charge in [0.2, 0.25) is 5.91 Å². The molecule has 4 rings (SSSR count). The van der Waals surface area contributed by atoms with Gasteiger partial charge in [-0.2, -0.15) is 5.10 Å². The maximum absolute atomic E-state index is 11.3. The maximum Gasteiger partial charge on any atom is 0.216 e. The minimum Gasteiger partial charge on any atom is -0.356 e. The van der Waals surface area contributed by atoms with E-state index in [0.717, 1.165) is 54.0 Å². The third-order valence-corrected chi connectivity index (χ3v) is 5.22. The lowest BCUT2D eigenvalue weighted by atomic mass is 9.97. The Bertz CT molecular complexity index is 999. The van der Waals surface area contributed by atoms with Crippen LogP contribution in [0, 0.1) is 12.8 Å². The van der Waals surface area contributed by atoms with E-state index in [9.17, 15) is 4.79 Å². The van der Waals surface area contributed by atoms with Crippen LogP contribution in [-0.2, 0) is 11.8 Å². The Balaban J connectivity index is 1.75. The van der Waals surface area contributed by atoms with Crippen molar-refractivity contribution in [1.82, 2.24) is 30.0 Å². The van der Waals surface area contributed by atoms with Gasteiger partial charge in [0, 0.05) is 51.6 Å². The van der Waals surface area contributed by atoms with Gasteiger partial charge in [0.1, 0.15) is 5.82 Å². The van der Waals surface area contributed by atoms with Gasteiger partial charge in [-0.1, -0.05) is 0 Å². The summed E-state index contributed by atoms with van der Waals surface area (Å²) < 4.78 is 1.81. The van der Waals surface area contributed by atoms with E-state index in [4.69, 9.17) is 9.97 Å². The molecule has 1 fully saturated rings. The Morgan fingerprint density at radius 2 is 2.21 bits per heavy atom. The number of carbonyl (C=O) groups excluding carboxylic acids is 1. The smallest absolute Gasteiger partial charge is 0.216 e. The molecule has 1 atom stereocenters. The topological polar surface area (TPSA) is 88.8 Å². The van der Waals surface area contributed by atoms with Gasteiger partial charge in [-0.3, -0.25) is 14.5 Å².